The number of carbonyl (C=O) groups is 2. The molecule has 1 atom stereocenters. The lowest BCUT2D eigenvalue weighted by molar-refractivity contribution is -0.140. The van der Waals surface area contributed by atoms with Gasteiger partial charge in [-0.05, 0) is 61.2 Å². The predicted molar refractivity (Wildman–Crippen MR) is 189 cm³/mol. The van der Waals surface area contributed by atoms with Gasteiger partial charge in [0.2, 0.25) is 5.91 Å². The monoisotopic (exact) mass is 658 g/mol. The van der Waals surface area contributed by atoms with E-state index in [9.17, 15) is 14.0 Å². The zero-order valence-corrected chi connectivity index (χ0v) is 28.1. The van der Waals surface area contributed by atoms with E-state index in [1.165, 1.54) is 18.6 Å². The number of hydrogen-bond acceptors (Lipinski definition) is 7. The van der Waals surface area contributed by atoms with Crippen LogP contribution in [0.3, 0.4) is 0 Å². The molecule has 2 aliphatic rings. The highest BCUT2D eigenvalue weighted by molar-refractivity contribution is 7.99. The van der Waals surface area contributed by atoms with Crippen LogP contribution in [0.2, 0.25) is 0 Å². The summed E-state index contributed by atoms with van der Waals surface area (Å²) in [5, 5.41) is 3.37. The van der Waals surface area contributed by atoms with Gasteiger partial charge in [-0.1, -0.05) is 42.3 Å². The average molecular weight is 659 g/mol. The number of carbonyl (C=O) groups excluding carboxylic acids is 2. The van der Waals surface area contributed by atoms with Crippen LogP contribution in [0.1, 0.15) is 41.2 Å². The van der Waals surface area contributed by atoms with E-state index in [2.05, 4.69) is 40.1 Å². The number of fused-ring (bicyclic) bond motifs is 1. The van der Waals surface area contributed by atoms with Crippen LogP contribution < -0.4 is 9.62 Å². The van der Waals surface area contributed by atoms with Gasteiger partial charge >= 0.3 is 0 Å². The number of anilines is 1. The van der Waals surface area contributed by atoms with Crippen LogP contribution in [0.15, 0.2) is 77.2 Å². The van der Waals surface area contributed by atoms with Gasteiger partial charge in [0.1, 0.15) is 23.2 Å². The molecule has 47 heavy (non-hydrogen) atoms. The number of terminal acetylenes is 1. The van der Waals surface area contributed by atoms with Crippen molar-refractivity contribution >= 4 is 40.4 Å². The second-order valence-electron chi connectivity index (χ2n) is 11.1. The van der Waals surface area contributed by atoms with Crippen LogP contribution in [0.5, 0.6) is 0 Å². The van der Waals surface area contributed by atoms with E-state index in [0.29, 0.717) is 22.5 Å². The molecule has 2 fully saturated rings. The summed E-state index contributed by atoms with van der Waals surface area (Å²) in [6.45, 7) is 4.92. The molecule has 0 bridgehead atoms. The SMILES string of the molecule is C#C.CNC(=O)c1c(-c2ccc(F)cc2)oc2cc(N(C)SC)ccc12.O=C(C(c1ccccc1)N1CCOCC1)N1CCCCC1. The number of hydrogen-bond donors (Lipinski definition) is 1. The number of nitrogens with zero attached hydrogens (tertiary/aromatic N) is 3. The van der Waals surface area contributed by atoms with Crippen molar-refractivity contribution in [3.63, 3.8) is 0 Å². The molecule has 0 aliphatic carbocycles. The number of ether oxygens (including phenoxy) is 1. The number of rotatable bonds is 7. The molecule has 0 saturated carbocycles. The molecule has 1 unspecified atom stereocenters. The second kappa shape index (κ2) is 17.6. The van der Waals surface area contributed by atoms with Crippen molar-refractivity contribution in [3.8, 4) is 24.2 Å². The number of nitrogens with one attached hydrogen (secondary N) is 1. The molecular weight excluding hydrogens is 615 g/mol. The minimum Gasteiger partial charge on any atom is -0.455 e. The molecule has 0 spiro atoms. The van der Waals surface area contributed by atoms with Gasteiger partial charge < -0.3 is 23.7 Å². The molecule has 1 N–H and O–H groups in total. The topological polar surface area (TPSA) is 78.3 Å². The normalized spacial score (nSPS) is 15.4. The lowest BCUT2D eigenvalue weighted by Crippen LogP contribution is -2.48. The van der Waals surface area contributed by atoms with Gasteiger partial charge in [0, 0.05) is 63.5 Å². The zero-order chi connectivity index (χ0) is 33.8. The van der Waals surface area contributed by atoms with Gasteiger partial charge in [-0.2, -0.15) is 0 Å². The zero-order valence-electron chi connectivity index (χ0n) is 27.3. The molecule has 248 valence electrons. The first-order valence-corrected chi connectivity index (χ1v) is 16.9. The summed E-state index contributed by atoms with van der Waals surface area (Å²) >= 11 is 1.58. The Kier molecular flexibility index (Phi) is 13.3. The molecule has 2 aliphatic heterocycles. The molecule has 10 heteroatoms. The number of furan rings is 1. The van der Waals surface area contributed by atoms with Gasteiger partial charge in [-0.25, -0.2) is 4.39 Å². The van der Waals surface area contributed by atoms with E-state index in [0.717, 1.165) is 68.9 Å². The van der Waals surface area contributed by atoms with Crippen molar-refractivity contribution in [2.24, 2.45) is 0 Å². The Morgan fingerprint density at radius 2 is 1.60 bits per heavy atom. The summed E-state index contributed by atoms with van der Waals surface area (Å²) in [6.07, 6.45) is 13.5. The molecule has 0 radical (unpaired) electrons. The van der Waals surface area contributed by atoms with Crippen molar-refractivity contribution in [3.05, 3.63) is 89.7 Å². The summed E-state index contributed by atoms with van der Waals surface area (Å²) in [7, 11) is 3.53. The highest BCUT2D eigenvalue weighted by Gasteiger charge is 2.32. The van der Waals surface area contributed by atoms with Gasteiger partial charge in [0.15, 0.2) is 0 Å². The predicted octanol–water partition coefficient (Wildman–Crippen LogP) is 6.63. The molecule has 4 aromatic rings. The Morgan fingerprint density at radius 1 is 0.936 bits per heavy atom. The second-order valence-corrected chi connectivity index (χ2v) is 12.0. The lowest BCUT2D eigenvalue weighted by atomic mass is 10.0. The Labute approximate surface area is 281 Å². The molecule has 2 saturated heterocycles. The summed E-state index contributed by atoms with van der Waals surface area (Å²) in [4.78, 5) is 29.7. The first-order valence-electron chi connectivity index (χ1n) is 15.7. The maximum absolute atomic E-state index is 13.2. The smallest absolute Gasteiger partial charge is 0.255 e. The van der Waals surface area contributed by atoms with E-state index < -0.39 is 0 Å². The number of halogens is 1. The minimum atomic E-state index is -0.333. The van der Waals surface area contributed by atoms with Gasteiger partial charge in [0.25, 0.3) is 5.91 Å². The fraction of sp³-hybridized carbons (Fsp3) is 0.351. The highest BCUT2D eigenvalue weighted by atomic mass is 32.2. The summed E-state index contributed by atoms with van der Waals surface area (Å²) < 4.78 is 26.6. The fourth-order valence-electron chi connectivity index (χ4n) is 5.81. The van der Waals surface area contributed by atoms with E-state index in [-0.39, 0.29) is 23.7 Å². The summed E-state index contributed by atoms with van der Waals surface area (Å²) in [6, 6.07) is 21.7. The minimum absolute atomic E-state index is 0.145. The van der Waals surface area contributed by atoms with Crippen molar-refractivity contribution in [1.29, 1.82) is 0 Å². The molecule has 1 aromatic heterocycles. The third kappa shape index (κ3) is 8.74. The van der Waals surface area contributed by atoms with Crippen molar-refractivity contribution in [2.45, 2.75) is 25.3 Å². The number of piperidine rings is 1. The van der Waals surface area contributed by atoms with Crippen LogP contribution in [0.4, 0.5) is 10.1 Å². The standard InChI is InChI=1S/C18H17FN2O2S.C17H24N2O2.C2H2/c1-20-18(22)16-14-9-8-13(21(2)24-3)10-15(14)23-17(16)11-4-6-12(19)7-5-11;20-17(19-9-5-2-6-10-19)16(15-7-3-1-4-8-15)18-11-13-21-14-12-18;1-2/h4-10H,1-3H3,(H,20,22);1,3-4,7-8,16H,2,5-6,9-14H2;1-2H. The van der Waals surface area contributed by atoms with Gasteiger partial charge in [0.05, 0.1) is 24.5 Å². The molecule has 6 rings (SSSR count). The Bertz CT molecular complexity index is 1610. The molecule has 2 amide bonds. The van der Waals surface area contributed by atoms with E-state index >= 15 is 0 Å². The molecule has 8 nitrogen and oxygen atoms in total. The Hall–Kier alpha value is -4.30. The van der Waals surface area contributed by atoms with Crippen LogP contribution in [-0.4, -0.2) is 81.4 Å². The van der Waals surface area contributed by atoms with Crippen LogP contribution >= 0.6 is 11.9 Å². The van der Waals surface area contributed by atoms with Crippen LogP contribution in [-0.2, 0) is 9.53 Å². The Balaban J connectivity index is 0.000000204. The number of likely N-dealkylation sites (tertiary alicyclic amines) is 1. The number of benzene rings is 3. The third-order valence-corrected chi connectivity index (χ3v) is 9.06. The number of morpholine rings is 1. The van der Waals surface area contributed by atoms with E-state index in [4.69, 9.17) is 9.15 Å². The molecule has 3 heterocycles. The largest absolute Gasteiger partial charge is 0.455 e. The first-order chi connectivity index (χ1) is 22.9. The average Bonchev–Trinajstić information content (AvgIpc) is 3.52. The summed E-state index contributed by atoms with van der Waals surface area (Å²) in [5.41, 5.74) is 3.81. The first kappa shape index (κ1) is 35.6. The molecule has 3 aromatic carbocycles. The quantitative estimate of drug-likeness (QED) is 0.176. The highest BCUT2D eigenvalue weighted by Crippen LogP contribution is 2.36. The van der Waals surface area contributed by atoms with Gasteiger partial charge in [-0.3, -0.25) is 14.5 Å². The molecular formula is C37H43FN4O4S. The fourth-order valence-corrected chi connectivity index (χ4v) is 6.13. The van der Waals surface area contributed by atoms with Crippen molar-refractivity contribution in [1.82, 2.24) is 15.1 Å². The Morgan fingerprint density at radius 3 is 2.21 bits per heavy atom. The third-order valence-electron chi connectivity index (χ3n) is 8.30. The van der Waals surface area contributed by atoms with Crippen LogP contribution in [0, 0.1) is 18.7 Å². The maximum Gasteiger partial charge on any atom is 0.255 e. The van der Waals surface area contributed by atoms with Crippen molar-refractivity contribution < 1.29 is 23.1 Å². The lowest BCUT2D eigenvalue weighted by Gasteiger charge is -2.38. The maximum atomic E-state index is 13.2. The number of amides is 2. The van der Waals surface area contributed by atoms with Crippen LogP contribution in [0.25, 0.3) is 22.3 Å². The van der Waals surface area contributed by atoms with Crippen molar-refractivity contribution in [2.75, 3.05) is 64.0 Å². The summed E-state index contributed by atoms with van der Waals surface area (Å²) in [5.74, 6) is 0.135. The van der Waals surface area contributed by atoms with Gasteiger partial charge in [-0.15, -0.1) is 12.8 Å². The van der Waals surface area contributed by atoms with E-state index in [1.807, 2.05) is 54.0 Å². The van der Waals surface area contributed by atoms with E-state index in [1.54, 1.807) is 31.1 Å².